The highest BCUT2D eigenvalue weighted by Gasteiger charge is 2.24. The Morgan fingerprint density at radius 3 is 2.63 bits per heavy atom. The van der Waals surface area contributed by atoms with Gasteiger partial charge in [-0.25, -0.2) is 14.2 Å². The Morgan fingerprint density at radius 2 is 2.00 bits per heavy atom. The molecule has 0 bridgehead atoms. The first kappa shape index (κ1) is 28.6. The number of hydrogen-bond donors (Lipinski definition) is 1. The molecule has 12 heteroatoms. The molecule has 3 rings (SSSR count). The lowest BCUT2D eigenvalue weighted by Gasteiger charge is -2.23. The van der Waals surface area contributed by atoms with E-state index in [-0.39, 0.29) is 29.6 Å². The molecule has 1 unspecified atom stereocenters. The summed E-state index contributed by atoms with van der Waals surface area (Å²) in [6, 6.07) is 9.04. The summed E-state index contributed by atoms with van der Waals surface area (Å²) >= 11 is 3.33. The van der Waals surface area contributed by atoms with Crippen molar-refractivity contribution in [3.63, 3.8) is 0 Å². The van der Waals surface area contributed by atoms with Gasteiger partial charge in [0.25, 0.3) is 5.91 Å². The van der Waals surface area contributed by atoms with Crippen LogP contribution in [0.2, 0.25) is 0 Å². The highest BCUT2D eigenvalue weighted by molar-refractivity contribution is 9.10. The van der Waals surface area contributed by atoms with E-state index in [9.17, 15) is 14.0 Å². The van der Waals surface area contributed by atoms with Crippen molar-refractivity contribution < 1.29 is 23.5 Å². The molecule has 0 aliphatic carbocycles. The number of nitrogens with one attached hydrogen (secondary N) is 1. The van der Waals surface area contributed by atoms with Gasteiger partial charge in [-0.15, -0.1) is 0 Å². The molecule has 2 amide bonds. The summed E-state index contributed by atoms with van der Waals surface area (Å²) in [5.41, 5.74) is 0.697. The van der Waals surface area contributed by atoms with Crippen LogP contribution in [0.1, 0.15) is 61.1 Å². The predicted octanol–water partition coefficient (Wildman–Crippen LogP) is 5.35. The first-order valence-corrected chi connectivity index (χ1v) is 12.4. The van der Waals surface area contributed by atoms with Crippen molar-refractivity contribution in [1.29, 1.82) is 5.26 Å². The Balaban J connectivity index is 1.86. The molecule has 0 spiro atoms. The molecule has 0 saturated carbocycles. The van der Waals surface area contributed by atoms with Gasteiger partial charge >= 0.3 is 6.09 Å². The first-order valence-electron chi connectivity index (χ1n) is 11.6. The zero-order valence-corrected chi connectivity index (χ0v) is 23.5. The van der Waals surface area contributed by atoms with Crippen molar-refractivity contribution in [3.8, 4) is 11.8 Å². The Bertz CT molecular complexity index is 1400. The van der Waals surface area contributed by atoms with Crippen LogP contribution in [-0.4, -0.2) is 44.3 Å². The maximum atomic E-state index is 14.3. The van der Waals surface area contributed by atoms with Crippen LogP contribution in [0.4, 0.5) is 15.0 Å². The van der Waals surface area contributed by atoms with E-state index in [1.807, 2.05) is 6.07 Å². The third-order valence-electron chi connectivity index (χ3n) is 5.22. The Hall–Kier alpha value is -3.98. The van der Waals surface area contributed by atoms with Gasteiger partial charge in [-0.1, -0.05) is 0 Å². The minimum absolute atomic E-state index is 0.0964. The monoisotopic (exact) mass is 586 g/mol. The summed E-state index contributed by atoms with van der Waals surface area (Å²) in [6.07, 6.45) is -0.0541. The number of pyridine rings is 1. The van der Waals surface area contributed by atoms with Gasteiger partial charge in [0.15, 0.2) is 11.6 Å². The van der Waals surface area contributed by atoms with Gasteiger partial charge in [0.1, 0.15) is 29.3 Å². The number of carbonyl (C=O) groups is 2. The molecule has 1 N–H and O–H groups in total. The molecule has 200 valence electrons. The van der Waals surface area contributed by atoms with Gasteiger partial charge in [0.2, 0.25) is 0 Å². The lowest BCUT2D eigenvalue weighted by atomic mass is 10.0. The average Bonchev–Trinajstić information content (AvgIpc) is 3.17. The Kier molecular flexibility index (Phi) is 8.73. The minimum atomic E-state index is -0.812. The topological polar surface area (TPSA) is 122 Å². The molecule has 1 atom stereocenters. The van der Waals surface area contributed by atoms with Crippen LogP contribution >= 0.6 is 15.9 Å². The smallest absolute Gasteiger partial charge is 0.413 e. The molecule has 3 aromatic rings. The van der Waals surface area contributed by atoms with Gasteiger partial charge < -0.3 is 14.4 Å². The van der Waals surface area contributed by atoms with Gasteiger partial charge in [-0.2, -0.15) is 10.4 Å². The van der Waals surface area contributed by atoms with E-state index < -0.39 is 23.6 Å². The molecule has 38 heavy (non-hydrogen) atoms. The van der Waals surface area contributed by atoms with E-state index in [1.165, 1.54) is 34.0 Å². The second kappa shape index (κ2) is 11.6. The Morgan fingerprint density at radius 1 is 1.29 bits per heavy atom. The van der Waals surface area contributed by atoms with E-state index in [4.69, 9.17) is 14.7 Å². The van der Waals surface area contributed by atoms with Crippen LogP contribution in [0, 0.1) is 17.1 Å². The third-order valence-corrected chi connectivity index (χ3v) is 5.65. The van der Waals surface area contributed by atoms with E-state index in [0.717, 1.165) is 0 Å². The molecule has 1 aromatic carbocycles. The lowest BCUT2D eigenvalue weighted by Crippen LogP contribution is -2.28. The highest BCUT2D eigenvalue weighted by Crippen LogP contribution is 2.32. The third kappa shape index (κ3) is 7.29. The Labute approximate surface area is 228 Å². The van der Waals surface area contributed by atoms with Crippen molar-refractivity contribution in [2.45, 2.75) is 45.9 Å². The summed E-state index contributed by atoms with van der Waals surface area (Å²) < 4.78 is 27.7. The summed E-state index contributed by atoms with van der Waals surface area (Å²) in [7, 11) is 3.23. The van der Waals surface area contributed by atoms with Crippen molar-refractivity contribution in [2.24, 2.45) is 7.05 Å². The predicted molar refractivity (Wildman–Crippen MR) is 141 cm³/mol. The van der Waals surface area contributed by atoms with Crippen LogP contribution in [-0.2, 0) is 18.3 Å². The summed E-state index contributed by atoms with van der Waals surface area (Å²) in [4.78, 5) is 31.3. The molecular formula is C26H28BrFN6O4. The zero-order chi connectivity index (χ0) is 28.2. The van der Waals surface area contributed by atoms with Crippen molar-refractivity contribution in [1.82, 2.24) is 19.7 Å². The lowest BCUT2D eigenvalue weighted by molar-refractivity contribution is 0.0633. The normalized spacial score (nSPS) is 11.9. The molecule has 0 aliphatic rings. The van der Waals surface area contributed by atoms with E-state index in [1.54, 1.807) is 53.9 Å². The molecule has 0 fully saturated rings. The molecule has 10 nitrogen and oxygen atoms in total. The maximum Gasteiger partial charge on any atom is 0.413 e. The van der Waals surface area contributed by atoms with Gasteiger partial charge in [0, 0.05) is 35.9 Å². The number of nitriles is 1. The molecular weight excluding hydrogens is 559 g/mol. The second-order valence-corrected chi connectivity index (χ2v) is 10.5. The second-order valence-electron chi connectivity index (χ2n) is 9.54. The maximum absolute atomic E-state index is 14.3. The number of aryl methyl sites for hydroxylation is 1. The number of anilines is 1. The van der Waals surface area contributed by atoms with Crippen LogP contribution < -0.4 is 10.1 Å². The van der Waals surface area contributed by atoms with Crippen LogP contribution in [0.5, 0.6) is 5.75 Å². The number of rotatable bonds is 7. The summed E-state index contributed by atoms with van der Waals surface area (Å²) in [5.74, 6) is -0.651. The number of halogens is 2. The number of ether oxygens (including phenoxy) is 2. The average molecular weight is 587 g/mol. The van der Waals surface area contributed by atoms with E-state index in [2.05, 4.69) is 31.3 Å². The number of nitrogens with zero attached hydrogens (tertiary/aromatic N) is 5. The zero-order valence-electron chi connectivity index (χ0n) is 21.9. The van der Waals surface area contributed by atoms with Gasteiger partial charge in [-0.3, -0.25) is 14.8 Å². The van der Waals surface area contributed by atoms with Crippen molar-refractivity contribution in [2.75, 3.05) is 12.4 Å². The number of hydrogen-bond acceptors (Lipinski definition) is 7. The highest BCUT2D eigenvalue weighted by atomic mass is 79.9. The number of amides is 2. The molecule has 0 aliphatic heterocycles. The fraction of sp³-hybridized carbons (Fsp3) is 0.346. The van der Waals surface area contributed by atoms with E-state index in [0.29, 0.717) is 21.4 Å². The molecule has 2 aromatic heterocycles. The number of benzene rings is 1. The fourth-order valence-corrected chi connectivity index (χ4v) is 3.86. The number of aromatic nitrogens is 3. The fourth-order valence-electron chi connectivity index (χ4n) is 3.55. The van der Waals surface area contributed by atoms with Crippen LogP contribution in [0.3, 0.4) is 0 Å². The minimum Gasteiger partial charge on any atom is -0.482 e. The number of carbonyl (C=O) groups excluding carboxylic acids is 2. The van der Waals surface area contributed by atoms with E-state index >= 15 is 0 Å². The van der Waals surface area contributed by atoms with Crippen LogP contribution in [0.25, 0.3) is 0 Å². The van der Waals surface area contributed by atoms with Crippen molar-refractivity contribution in [3.05, 3.63) is 69.3 Å². The standard InChI is InChI=1S/C26H28BrFN6O4/c1-15(37-22-9-16(27)13-30-23(22)31-25(36)38-26(2,3)4)21-10-17(28)7-8-20(21)24(35)33(5)14-18-11-19(12-29)34(6)32-18/h7-11,13,15H,14H2,1-6H3,(H,30,31,36). The van der Waals surface area contributed by atoms with Crippen LogP contribution in [0.15, 0.2) is 41.0 Å². The summed E-state index contributed by atoms with van der Waals surface area (Å²) in [5, 5.41) is 16.0. The first-order chi connectivity index (χ1) is 17.8. The SMILES string of the molecule is CC(Oc1cc(Br)cnc1NC(=O)OC(C)(C)C)c1cc(F)ccc1C(=O)N(C)Cc1cc(C#N)n(C)n1. The molecule has 0 saturated heterocycles. The van der Waals surface area contributed by atoms with Gasteiger partial charge in [0.05, 0.1) is 12.2 Å². The summed E-state index contributed by atoms with van der Waals surface area (Å²) in [6.45, 7) is 6.99. The molecule has 2 heterocycles. The largest absolute Gasteiger partial charge is 0.482 e. The quantitative estimate of drug-likeness (QED) is 0.396. The van der Waals surface area contributed by atoms with Gasteiger partial charge in [-0.05, 0) is 74.0 Å². The van der Waals surface area contributed by atoms with Crippen molar-refractivity contribution >= 4 is 33.7 Å². The molecule has 0 radical (unpaired) electrons.